The van der Waals surface area contributed by atoms with Gasteiger partial charge in [0.15, 0.2) is 5.58 Å². The maximum absolute atomic E-state index is 13.5. The first-order chi connectivity index (χ1) is 15.3. The van der Waals surface area contributed by atoms with E-state index in [2.05, 4.69) is 14.9 Å². The molecule has 6 nitrogen and oxygen atoms in total. The van der Waals surface area contributed by atoms with E-state index in [9.17, 15) is 4.79 Å². The van der Waals surface area contributed by atoms with Crippen LogP contribution in [0.25, 0.3) is 11.1 Å². The highest BCUT2D eigenvalue weighted by Gasteiger charge is 2.31. The summed E-state index contributed by atoms with van der Waals surface area (Å²) in [6.07, 6.45) is 3.25. The summed E-state index contributed by atoms with van der Waals surface area (Å²) in [6, 6.07) is 24.2. The molecule has 0 aliphatic carbocycles. The molecule has 156 valence electrons. The van der Waals surface area contributed by atoms with Gasteiger partial charge in [0.2, 0.25) is 5.91 Å². The zero-order chi connectivity index (χ0) is 21.0. The summed E-state index contributed by atoms with van der Waals surface area (Å²) in [4.78, 5) is 26.5. The molecule has 1 aliphatic heterocycles. The molecule has 5 rings (SSSR count). The number of aromatic nitrogens is 2. The van der Waals surface area contributed by atoms with Crippen LogP contribution in [0.1, 0.15) is 18.4 Å². The largest absolute Gasteiger partial charge is 0.423 e. The zero-order valence-corrected chi connectivity index (χ0v) is 17.2. The van der Waals surface area contributed by atoms with Crippen LogP contribution >= 0.6 is 0 Å². The molecule has 0 saturated carbocycles. The number of piperidine rings is 1. The Balaban J connectivity index is 1.31. The number of fused-ring (bicyclic) bond motifs is 1. The SMILES string of the molecule is O=C(C1CCN(c2nc3ccccc3o2)CC1)N(Cc1ccccc1)c1ccccn1. The summed E-state index contributed by atoms with van der Waals surface area (Å²) < 4.78 is 5.91. The van der Waals surface area contributed by atoms with Crippen molar-refractivity contribution in [3.63, 3.8) is 0 Å². The van der Waals surface area contributed by atoms with E-state index in [4.69, 9.17) is 4.42 Å². The van der Waals surface area contributed by atoms with Crippen LogP contribution in [0.4, 0.5) is 11.8 Å². The van der Waals surface area contributed by atoms with Crippen molar-refractivity contribution in [3.05, 3.63) is 84.6 Å². The van der Waals surface area contributed by atoms with E-state index in [1.165, 1.54) is 0 Å². The third-order valence-corrected chi connectivity index (χ3v) is 5.77. The van der Waals surface area contributed by atoms with Gasteiger partial charge in [-0.1, -0.05) is 48.5 Å². The average molecular weight is 412 g/mol. The molecule has 1 amide bonds. The van der Waals surface area contributed by atoms with E-state index < -0.39 is 0 Å². The van der Waals surface area contributed by atoms with Crippen molar-refractivity contribution in [1.29, 1.82) is 0 Å². The van der Waals surface area contributed by atoms with Gasteiger partial charge in [-0.3, -0.25) is 9.69 Å². The third-order valence-electron chi connectivity index (χ3n) is 5.77. The highest BCUT2D eigenvalue weighted by Crippen LogP contribution is 2.28. The molecular weight excluding hydrogens is 388 g/mol. The minimum absolute atomic E-state index is 0.0497. The molecule has 0 spiro atoms. The van der Waals surface area contributed by atoms with Gasteiger partial charge in [0, 0.05) is 25.2 Å². The van der Waals surface area contributed by atoms with Crippen LogP contribution < -0.4 is 9.80 Å². The van der Waals surface area contributed by atoms with Gasteiger partial charge in [-0.2, -0.15) is 4.98 Å². The number of rotatable bonds is 5. The molecule has 2 aromatic carbocycles. The third kappa shape index (κ3) is 4.14. The second-order valence-corrected chi connectivity index (χ2v) is 7.82. The molecule has 3 heterocycles. The van der Waals surface area contributed by atoms with E-state index in [1.54, 1.807) is 6.20 Å². The molecule has 6 heteroatoms. The molecule has 0 unspecified atom stereocenters. The topological polar surface area (TPSA) is 62.5 Å². The zero-order valence-electron chi connectivity index (χ0n) is 17.2. The monoisotopic (exact) mass is 412 g/mol. The van der Waals surface area contributed by atoms with E-state index in [0.717, 1.165) is 42.6 Å². The molecule has 4 aromatic rings. The van der Waals surface area contributed by atoms with Gasteiger partial charge < -0.3 is 9.32 Å². The summed E-state index contributed by atoms with van der Waals surface area (Å²) in [5.74, 6) is 0.767. The van der Waals surface area contributed by atoms with E-state index >= 15 is 0 Å². The van der Waals surface area contributed by atoms with Crippen molar-refractivity contribution in [3.8, 4) is 0 Å². The number of para-hydroxylation sites is 2. The lowest BCUT2D eigenvalue weighted by atomic mass is 9.95. The van der Waals surface area contributed by atoms with Gasteiger partial charge in [0.25, 0.3) is 6.01 Å². The number of nitrogens with zero attached hydrogens (tertiary/aromatic N) is 4. The number of hydrogen-bond acceptors (Lipinski definition) is 5. The van der Waals surface area contributed by atoms with Gasteiger partial charge in [-0.15, -0.1) is 0 Å². The van der Waals surface area contributed by atoms with Crippen molar-refractivity contribution < 1.29 is 9.21 Å². The number of oxazole rings is 1. The Kier molecular flexibility index (Phi) is 5.35. The minimum Gasteiger partial charge on any atom is -0.423 e. The van der Waals surface area contributed by atoms with E-state index in [0.29, 0.717) is 18.4 Å². The average Bonchev–Trinajstić information content (AvgIpc) is 3.28. The fourth-order valence-corrected chi connectivity index (χ4v) is 4.08. The van der Waals surface area contributed by atoms with Gasteiger partial charge in [0.1, 0.15) is 11.3 Å². The Morgan fingerprint density at radius 3 is 2.45 bits per heavy atom. The Hall–Kier alpha value is -3.67. The standard InChI is InChI=1S/C25H24N4O2/c30-24(29(23-12-6-7-15-26-23)18-19-8-2-1-3-9-19)20-13-16-28(17-14-20)25-27-21-10-4-5-11-22(21)31-25/h1-12,15,20H,13-14,16-18H2. The Bertz CT molecular complexity index is 1120. The van der Waals surface area contributed by atoms with Crippen molar-refractivity contribution in [2.24, 2.45) is 5.92 Å². The molecule has 0 bridgehead atoms. The first-order valence-corrected chi connectivity index (χ1v) is 10.6. The number of anilines is 2. The second kappa shape index (κ2) is 8.60. The van der Waals surface area contributed by atoms with E-state index in [-0.39, 0.29) is 11.8 Å². The molecule has 31 heavy (non-hydrogen) atoms. The minimum atomic E-state index is -0.0497. The number of amides is 1. The summed E-state index contributed by atoms with van der Waals surface area (Å²) >= 11 is 0. The van der Waals surface area contributed by atoms with Crippen LogP contribution in [-0.4, -0.2) is 29.0 Å². The summed E-state index contributed by atoms with van der Waals surface area (Å²) in [5.41, 5.74) is 2.74. The fourth-order valence-electron chi connectivity index (χ4n) is 4.08. The number of pyridine rings is 1. The lowest BCUT2D eigenvalue weighted by Gasteiger charge is -2.33. The van der Waals surface area contributed by atoms with Crippen LogP contribution in [0.2, 0.25) is 0 Å². The van der Waals surface area contributed by atoms with Crippen molar-refractivity contribution in [2.45, 2.75) is 19.4 Å². The second-order valence-electron chi connectivity index (χ2n) is 7.82. The number of hydrogen-bond donors (Lipinski definition) is 0. The molecule has 0 radical (unpaired) electrons. The highest BCUT2D eigenvalue weighted by molar-refractivity contribution is 5.94. The molecule has 1 fully saturated rings. The van der Waals surface area contributed by atoms with Crippen LogP contribution in [-0.2, 0) is 11.3 Å². The molecule has 1 aliphatic rings. The number of benzene rings is 2. The lowest BCUT2D eigenvalue weighted by Crippen LogP contribution is -2.43. The molecule has 0 atom stereocenters. The smallest absolute Gasteiger partial charge is 0.298 e. The van der Waals surface area contributed by atoms with Crippen LogP contribution in [0.3, 0.4) is 0 Å². The predicted octanol–water partition coefficient (Wildman–Crippen LogP) is 4.67. The molecule has 2 aromatic heterocycles. The van der Waals surface area contributed by atoms with Crippen LogP contribution in [0.15, 0.2) is 83.4 Å². The van der Waals surface area contributed by atoms with Gasteiger partial charge >= 0.3 is 0 Å². The lowest BCUT2D eigenvalue weighted by molar-refractivity contribution is -0.123. The summed E-state index contributed by atoms with van der Waals surface area (Å²) in [6.45, 7) is 2.00. The van der Waals surface area contributed by atoms with Crippen LogP contribution in [0.5, 0.6) is 0 Å². The van der Waals surface area contributed by atoms with Crippen molar-refractivity contribution in [2.75, 3.05) is 22.9 Å². The first-order valence-electron chi connectivity index (χ1n) is 10.6. The first kappa shape index (κ1) is 19.3. The Morgan fingerprint density at radius 2 is 1.71 bits per heavy atom. The number of carbonyl (C=O) groups is 1. The van der Waals surface area contributed by atoms with E-state index in [1.807, 2.05) is 77.7 Å². The van der Waals surface area contributed by atoms with Crippen LogP contribution in [0, 0.1) is 5.92 Å². The molecular formula is C25H24N4O2. The highest BCUT2D eigenvalue weighted by atomic mass is 16.4. The maximum atomic E-state index is 13.5. The summed E-state index contributed by atoms with van der Waals surface area (Å²) in [5, 5.41) is 0. The molecule has 0 N–H and O–H groups in total. The fraction of sp³-hybridized carbons (Fsp3) is 0.240. The van der Waals surface area contributed by atoms with Crippen molar-refractivity contribution in [1.82, 2.24) is 9.97 Å². The van der Waals surface area contributed by atoms with Gasteiger partial charge in [0.05, 0.1) is 6.54 Å². The summed E-state index contributed by atoms with van der Waals surface area (Å²) in [7, 11) is 0. The van der Waals surface area contributed by atoms with Crippen molar-refractivity contribution >= 4 is 28.8 Å². The normalized spacial score (nSPS) is 14.6. The molecule has 1 saturated heterocycles. The number of carbonyl (C=O) groups excluding carboxylic acids is 1. The van der Waals surface area contributed by atoms with Gasteiger partial charge in [-0.05, 0) is 42.7 Å². The quantitative estimate of drug-likeness (QED) is 0.477. The Morgan fingerprint density at radius 1 is 0.968 bits per heavy atom. The Labute approximate surface area is 181 Å². The maximum Gasteiger partial charge on any atom is 0.298 e. The predicted molar refractivity (Wildman–Crippen MR) is 121 cm³/mol. The van der Waals surface area contributed by atoms with Gasteiger partial charge in [-0.25, -0.2) is 4.98 Å².